The maximum atomic E-state index is 10.8. The SMILES string of the molecule is CCC[C@@H](NC[C@@H]1CCCO1)C(=O)O. The molecule has 1 rings (SSSR count). The van der Waals surface area contributed by atoms with Gasteiger partial charge >= 0.3 is 5.97 Å². The van der Waals surface area contributed by atoms with Crippen LogP contribution in [0.4, 0.5) is 0 Å². The van der Waals surface area contributed by atoms with Crippen molar-refractivity contribution in [3.63, 3.8) is 0 Å². The standard InChI is InChI=1S/C10H19NO3/c1-2-4-9(10(12)13)11-7-8-5-3-6-14-8/h8-9,11H,2-7H2,1H3,(H,12,13)/t8-,9+/m0/s1. The molecule has 2 N–H and O–H groups in total. The summed E-state index contributed by atoms with van der Waals surface area (Å²) in [6.45, 7) is 3.47. The van der Waals surface area contributed by atoms with E-state index < -0.39 is 12.0 Å². The number of rotatable bonds is 6. The first-order chi connectivity index (χ1) is 6.74. The van der Waals surface area contributed by atoms with Crippen molar-refractivity contribution in [1.29, 1.82) is 0 Å². The number of nitrogens with one attached hydrogen (secondary N) is 1. The molecule has 0 aliphatic carbocycles. The quantitative estimate of drug-likeness (QED) is 0.673. The lowest BCUT2D eigenvalue weighted by Gasteiger charge is -2.16. The van der Waals surface area contributed by atoms with Gasteiger partial charge in [-0.05, 0) is 19.3 Å². The van der Waals surface area contributed by atoms with Gasteiger partial charge in [-0.3, -0.25) is 4.79 Å². The lowest BCUT2D eigenvalue weighted by atomic mass is 10.1. The first-order valence-corrected chi connectivity index (χ1v) is 5.31. The van der Waals surface area contributed by atoms with Crippen molar-refractivity contribution >= 4 is 5.97 Å². The highest BCUT2D eigenvalue weighted by Gasteiger charge is 2.20. The van der Waals surface area contributed by atoms with Crippen molar-refractivity contribution in [2.24, 2.45) is 0 Å². The normalized spacial score (nSPS) is 23.6. The number of hydrogen-bond donors (Lipinski definition) is 2. The molecule has 0 aromatic carbocycles. The third kappa shape index (κ3) is 3.64. The van der Waals surface area contributed by atoms with Crippen LogP contribution in [0.3, 0.4) is 0 Å². The van der Waals surface area contributed by atoms with E-state index in [1.54, 1.807) is 0 Å². The van der Waals surface area contributed by atoms with E-state index in [9.17, 15) is 4.79 Å². The van der Waals surface area contributed by atoms with Gasteiger partial charge in [0.1, 0.15) is 6.04 Å². The Morgan fingerprint density at radius 3 is 3.00 bits per heavy atom. The number of carbonyl (C=O) groups is 1. The van der Waals surface area contributed by atoms with Crippen LogP contribution in [0.15, 0.2) is 0 Å². The van der Waals surface area contributed by atoms with Gasteiger partial charge in [0.25, 0.3) is 0 Å². The van der Waals surface area contributed by atoms with E-state index in [2.05, 4.69) is 5.32 Å². The summed E-state index contributed by atoms with van der Waals surface area (Å²) in [5.74, 6) is -0.759. The first-order valence-electron chi connectivity index (χ1n) is 5.31. The Hall–Kier alpha value is -0.610. The zero-order chi connectivity index (χ0) is 10.4. The van der Waals surface area contributed by atoms with E-state index >= 15 is 0 Å². The van der Waals surface area contributed by atoms with E-state index in [0.717, 1.165) is 25.9 Å². The zero-order valence-corrected chi connectivity index (χ0v) is 8.66. The zero-order valence-electron chi connectivity index (χ0n) is 8.66. The lowest BCUT2D eigenvalue weighted by Crippen LogP contribution is -2.40. The molecule has 82 valence electrons. The summed E-state index contributed by atoms with van der Waals surface area (Å²) in [6, 6.07) is -0.413. The van der Waals surface area contributed by atoms with E-state index in [0.29, 0.717) is 13.0 Å². The minimum Gasteiger partial charge on any atom is -0.480 e. The molecule has 0 aromatic rings. The minimum absolute atomic E-state index is 0.216. The third-order valence-electron chi connectivity index (χ3n) is 2.49. The minimum atomic E-state index is -0.759. The van der Waals surface area contributed by atoms with Gasteiger partial charge in [0.15, 0.2) is 0 Å². The van der Waals surface area contributed by atoms with Gasteiger partial charge in [0.2, 0.25) is 0 Å². The third-order valence-corrected chi connectivity index (χ3v) is 2.49. The molecule has 1 fully saturated rings. The molecule has 0 radical (unpaired) electrons. The molecule has 0 saturated carbocycles. The molecule has 0 aromatic heterocycles. The topological polar surface area (TPSA) is 58.6 Å². The first kappa shape index (κ1) is 11.5. The Labute approximate surface area is 84.6 Å². The van der Waals surface area contributed by atoms with Crippen molar-refractivity contribution in [3.8, 4) is 0 Å². The van der Waals surface area contributed by atoms with Crippen molar-refractivity contribution in [2.75, 3.05) is 13.2 Å². The van der Waals surface area contributed by atoms with Crippen molar-refractivity contribution in [1.82, 2.24) is 5.32 Å². The Balaban J connectivity index is 2.21. The molecule has 14 heavy (non-hydrogen) atoms. The predicted molar refractivity (Wildman–Crippen MR) is 53.3 cm³/mol. The summed E-state index contributed by atoms with van der Waals surface area (Å²) in [5.41, 5.74) is 0. The van der Waals surface area contributed by atoms with Crippen LogP contribution in [0, 0.1) is 0 Å². The Morgan fingerprint density at radius 1 is 1.71 bits per heavy atom. The molecule has 0 amide bonds. The van der Waals surface area contributed by atoms with E-state index in [4.69, 9.17) is 9.84 Å². The number of hydrogen-bond acceptors (Lipinski definition) is 3. The maximum absolute atomic E-state index is 10.8. The van der Waals surface area contributed by atoms with Gasteiger partial charge in [-0.15, -0.1) is 0 Å². The summed E-state index contributed by atoms with van der Waals surface area (Å²) >= 11 is 0. The van der Waals surface area contributed by atoms with E-state index in [1.807, 2.05) is 6.92 Å². The van der Waals surface area contributed by atoms with E-state index in [1.165, 1.54) is 0 Å². The summed E-state index contributed by atoms with van der Waals surface area (Å²) < 4.78 is 5.41. The van der Waals surface area contributed by atoms with Crippen LogP contribution in [0.2, 0.25) is 0 Å². The van der Waals surface area contributed by atoms with Crippen LogP contribution in [-0.4, -0.2) is 36.4 Å². The Morgan fingerprint density at radius 2 is 2.50 bits per heavy atom. The highest BCUT2D eigenvalue weighted by molar-refractivity contribution is 5.73. The molecular weight excluding hydrogens is 182 g/mol. The van der Waals surface area contributed by atoms with Crippen LogP contribution in [0.5, 0.6) is 0 Å². The van der Waals surface area contributed by atoms with E-state index in [-0.39, 0.29) is 6.10 Å². The highest BCUT2D eigenvalue weighted by atomic mass is 16.5. The number of carboxylic acid groups (broad SMARTS) is 1. The predicted octanol–water partition coefficient (Wildman–Crippen LogP) is 1.01. The second-order valence-electron chi connectivity index (χ2n) is 3.72. The van der Waals surface area contributed by atoms with Crippen LogP contribution >= 0.6 is 0 Å². The van der Waals surface area contributed by atoms with Crippen LogP contribution in [0.25, 0.3) is 0 Å². The average molecular weight is 201 g/mol. The fourth-order valence-corrected chi connectivity index (χ4v) is 1.68. The summed E-state index contributed by atoms with van der Waals surface area (Å²) in [5, 5.41) is 11.9. The fourth-order valence-electron chi connectivity index (χ4n) is 1.68. The monoisotopic (exact) mass is 201 g/mol. The number of carboxylic acids is 1. The van der Waals surface area contributed by atoms with Gasteiger partial charge in [-0.25, -0.2) is 0 Å². The van der Waals surface area contributed by atoms with Gasteiger partial charge in [-0.2, -0.15) is 0 Å². The molecule has 4 nitrogen and oxygen atoms in total. The molecular formula is C10H19NO3. The average Bonchev–Trinajstić information content (AvgIpc) is 2.64. The highest BCUT2D eigenvalue weighted by Crippen LogP contribution is 2.11. The van der Waals surface area contributed by atoms with Crippen molar-refractivity contribution in [2.45, 2.75) is 44.8 Å². The molecule has 0 bridgehead atoms. The summed E-state index contributed by atoms with van der Waals surface area (Å²) in [7, 11) is 0. The summed E-state index contributed by atoms with van der Waals surface area (Å²) in [4.78, 5) is 10.8. The molecule has 1 saturated heterocycles. The van der Waals surface area contributed by atoms with Crippen molar-refractivity contribution < 1.29 is 14.6 Å². The molecule has 0 spiro atoms. The van der Waals surface area contributed by atoms with Gasteiger partial charge in [-0.1, -0.05) is 13.3 Å². The van der Waals surface area contributed by atoms with Crippen molar-refractivity contribution in [3.05, 3.63) is 0 Å². The van der Waals surface area contributed by atoms with Crippen LogP contribution in [-0.2, 0) is 9.53 Å². The van der Waals surface area contributed by atoms with Gasteiger partial charge < -0.3 is 15.2 Å². The molecule has 1 heterocycles. The number of aliphatic carboxylic acids is 1. The van der Waals surface area contributed by atoms with Crippen LogP contribution < -0.4 is 5.32 Å². The second-order valence-corrected chi connectivity index (χ2v) is 3.72. The van der Waals surface area contributed by atoms with Gasteiger partial charge in [0, 0.05) is 13.2 Å². The fraction of sp³-hybridized carbons (Fsp3) is 0.900. The largest absolute Gasteiger partial charge is 0.480 e. The molecule has 2 atom stereocenters. The molecule has 1 aliphatic heterocycles. The molecule has 1 aliphatic rings. The molecule has 4 heteroatoms. The Bertz CT molecular complexity index is 178. The Kier molecular flexibility index (Phi) is 4.90. The number of ether oxygens (including phenoxy) is 1. The summed E-state index contributed by atoms with van der Waals surface area (Å²) in [6.07, 6.45) is 3.93. The maximum Gasteiger partial charge on any atom is 0.320 e. The van der Waals surface area contributed by atoms with Crippen LogP contribution in [0.1, 0.15) is 32.6 Å². The lowest BCUT2D eigenvalue weighted by molar-refractivity contribution is -0.139. The second kappa shape index (κ2) is 5.98. The smallest absolute Gasteiger partial charge is 0.320 e. The van der Waals surface area contributed by atoms with Gasteiger partial charge in [0.05, 0.1) is 6.10 Å². The molecule has 0 unspecified atom stereocenters.